The number of carbonyl (C=O) groups is 1. The summed E-state index contributed by atoms with van der Waals surface area (Å²) in [6, 6.07) is 15.5. The van der Waals surface area contributed by atoms with Gasteiger partial charge >= 0.3 is 0 Å². The first-order valence-corrected chi connectivity index (χ1v) is 8.55. The molecule has 0 atom stereocenters. The quantitative estimate of drug-likeness (QED) is 0.712. The number of amides is 1. The van der Waals surface area contributed by atoms with Crippen LogP contribution in [-0.4, -0.2) is 27.4 Å². The Balaban J connectivity index is 1.69. The molecular weight excluding hydrogens is 326 g/mol. The summed E-state index contributed by atoms with van der Waals surface area (Å²) in [5, 5.41) is 2.87. The number of nitrogens with one attached hydrogen (secondary N) is 1. The van der Waals surface area contributed by atoms with E-state index in [0.717, 1.165) is 12.1 Å². The fraction of sp³-hybridized carbons (Fsp3) is 0.200. The Hall–Kier alpha value is -3.28. The summed E-state index contributed by atoms with van der Waals surface area (Å²) in [5.74, 6) is 0.328. The van der Waals surface area contributed by atoms with E-state index in [4.69, 9.17) is 0 Å². The molecule has 0 saturated carbocycles. The highest BCUT2D eigenvalue weighted by Gasteiger charge is 2.13. The Labute approximate surface area is 153 Å². The topological polar surface area (TPSA) is 71.0 Å². The van der Waals surface area contributed by atoms with Crippen LogP contribution in [0.5, 0.6) is 0 Å². The van der Waals surface area contributed by atoms with Crippen LogP contribution in [0.15, 0.2) is 67.1 Å². The SMILES string of the molecule is CCN(Cc1ccccc1)c1nccc(C(=O)NCc2ccncc2)n1. The van der Waals surface area contributed by atoms with Crippen molar-refractivity contribution >= 4 is 11.9 Å². The molecule has 0 aliphatic carbocycles. The minimum atomic E-state index is -0.221. The van der Waals surface area contributed by atoms with Crippen molar-refractivity contribution in [1.82, 2.24) is 20.3 Å². The number of hydrogen-bond donors (Lipinski definition) is 1. The lowest BCUT2D eigenvalue weighted by molar-refractivity contribution is 0.0946. The first kappa shape index (κ1) is 17.5. The second-order valence-corrected chi connectivity index (χ2v) is 5.78. The van der Waals surface area contributed by atoms with Gasteiger partial charge in [0.1, 0.15) is 5.69 Å². The van der Waals surface area contributed by atoms with Crippen LogP contribution in [0.1, 0.15) is 28.5 Å². The second kappa shape index (κ2) is 8.71. The minimum absolute atomic E-state index is 0.221. The number of hydrogen-bond acceptors (Lipinski definition) is 5. The van der Waals surface area contributed by atoms with Crippen LogP contribution in [0.25, 0.3) is 0 Å². The highest BCUT2D eigenvalue weighted by atomic mass is 16.1. The Bertz CT molecular complexity index is 839. The lowest BCUT2D eigenvalue weighted by atomic mass is 10.2. The van der Waals surface area contributed by atoms with Gasteiger partial charge in [0.25, 0.3) is 5.91 Å². The Kier molecular flexibility index (Phi) is 5.88. The maximum absolute atomic E-state index is 12.4. The number of nitrogens with zero attached hydrogens (tertiary/aromatic N) is 4. The van der Waals surface area contributed by atoms with E-state index in [1.807, 2.05) is 42.2 Å². The summed E-state index contributed by atoms with van der Waals surface area (Å²) in [6.07, 6.45) is 5.03. The van der Waals surface area contributed by atoms with Crippen LogP contribution in [0.3, 0.4) is 0 Å². The van der Waals surface area contributed by atoms with Crippen molar-refractivity contribution in [2.24, 2.45) is 0 Å². The van der Waals surface area contributed by atoms with Gasteiger partial charge in [0.05, 0.1) is 0 Å². The van der Waals surface area contributed by atoms with E-state index >= 15 is 0 Å². The summed E-state index contributed by atoms with van der Waals surface area (Å²) in [7, 11) is 0. The molecule has 26 heavy (non-hydrogen) atoms. The minimum Gasteiger partial charge on any atom is -0.347 e. The van der Waals surface area contributed by atoms with E-state index in [1.165, 1.54) is 5.56 Å². The molecule has 0 fully saturated rings. The largest absolute Gasteiger partial charge is 0.347 e. The number of rotatable bonds is 7. The zero-order valence-electron chi connectivity index (χ0n) is 14.7. The third-order valence-corrected chi connectivity index (χ3v) is 3.96. The zero-order chi connectivity index (χ0) is 18.2. The van der Waals surface area contributed by atoms with Crippen LogP contribution in [-0.2, 0) is 13.1 Å². The number of pyridine rings is 1. The van der Waals surface area contributed by atoms with Gasteiger partial charge in [-0.15, -0.1) is 0 Å². The van der Waals surface area contributed by atoms with Crippen molar-refractivity contribution in [2.45, 2.75) is 20.0 Å². The van der Waals surface area contributed by atoms with Crippen LogP contribution < -0.4 is 10.2 Å². The van der Waals surface area contributed by atoms with E-state index in [0.29, 0.717) is 24.7 Å². The van der Waals surface area contributed by atoms with Gasteiger partial charge < -0.3 is 10.2 Å². The zero-order valence-corrected chi connectivity index (χ0v) is 14.7. The van der Waals surface area contributed by atoms with Gasteiger partial charge in [0.2, 0.25) is 5.95 Å². The molecule has 2 heterocycles. The van der Waals surface area contributed by atoms with Gasteiger partial charge in [-0.2, -0.15) is 0 Å². The number of benzene rings is 1. The van der Waals surface area contributed by atoms with Crippen LogP contribution >= 0.6 is 0 Å². The van der Waals surface area contributed by atoms with E-state index < -0.39 is 0 Å². The lowest BCUT2D eigenvalue weighted by Crippen LogP contribution is -2.27. The molecule has 0 spiro atoms. The molecule has 3 aromatic rings. The molecule has 2 aromatic heterocycles. The predicted molar refractivity (Wildman–Crippen MR) is 101 cm³/mol. The van der Waals surface area contributed by atoms with Crippen molar-refractivity contribution in [3.63, 3.8) is 0 Å². The maximum Gasteiger partial charge on any atom is 0.270 e. The van der Waals surface area contributed by atoms with Gasteiger partial charge in [0.15, 0.2) is 0 Å². The molecule has 0 radical (unpaired) electrons. The highest BCUT2D eigenvalue weighted by Crippen LogP contribution is 2.12. The van der Waals surface area contributed by atoms with E-state index in [9.17, 15) is 4.79 Å². The molecule has 6 nitrogen and oxygen atoms in total. The molecule has 1 amide bonds. The monoisotopic (exact) mass is 347 g/mol. The fourth-order valence-electron chi connectivity index (χ4n) is 2.53. The molecule has 6 heteroatoms. The smallest absolute Gasteiger partial charge is 0.270 e. The summed E-state index contributed by atoms with van der Waals surface area (Å²) in [6.45, 7) is 3.92. The first-order chi connectivity index (χ1) is 12.8. The molecule has 0 unspecified atom stereocenters. The molecule has 132 valence electrons. The summed E-state index contributed by atoms with van der Waals surface area (Å²) in [5.41, 5.74) is 2.52. The molecular formula is C20H21N5O. The Morgan fingerprint density at radius 3 is 2.50 bits per heavy atom. The second-order valence-electron chi connectivity index (χ2n) is 5.78. The standard InChI is InChI=1S/C20H21N5O/c1-2-25(15-17-6-4-3-5-7-17)20-22-13-10-18(24-20)19(26)23-14-16-8-11-21-12-9-16/h3-13H,2,14-15H2,1H3,(H,23,26). The van der Waals surface area contributed by atoms with E-state index in [1.54, 1.807) is 24.7 Å². The predicted octanol–water partition coefficient (Wildman–Crippen LogP) is 2.83. The van der Waals surface area contributed by atoms with Gasteiger partial charge in [0, 0.05) is 38.2 Å². The van der Waals surface area contributed by atoms with Gasteiger partial charge in [-0.25, -0.2) is 9.97 Å². The van der Waals surface area contributed by atoms with Crippen molar-refractivity contribution < 1.29 is 4.79 Å². The Morgan fingerprint density at radius 1 is 1.00 bits per heavy atom. The van der Waals surface area contributed by atoms with Crippen LogP contribution in [0.2, 0.25) is 0 Å². The average Bonchev–Trinajstić information content (AvgIpc) is 2.72. The Morgan fingerprint density at radius 2 is 1.77 bits per heavy atom. The molecule has 1 aromatic carbocycles. The van der Waals surface area contributed by atoms with E-state index in [2.05, 4.69) is 32.4 Å². The number of carbonyl (C=O) groups excluding carboxylic acids is 1. The molecule has 3 rings (SSSR count). The van der Waals surface area contributed by atoms with E-state index in [-0.39, 0.29) is 5.91 Å². The molecule has 0 bridgehead atoms. The average molecular weight is 347 g/mol. The molecule has 1 N–H and O–H groups in total. The third kappa shape index (κ3) is 4.63. The maximum atomic E-state index is 12.4. The van der Waals surface area contributed by atoms with Crippen molar-refractivity contribution in [1.29, 1.82) is 0 Å². The van der Waals surface area contributed by atoms with Crippen molar-refractivity contribution in [3.05, 3.63) is 83.9 Å². The van der Waals surface area contributed by atoms with Crippen LogP contribution in [0, 0.1) is 0 Å². The molecule has 0 aliphatic rings. The van der Waals surface area contributed by atoms with Crippen LogP contribution in [0.4, 0.5) is 5.95 Å². The van der Waals surface area contributed by atoms with Gasteiger partial charge in [-0.1, -0.05) is 30.3 Å². The lowest BCUT2D eigenvalue weighted by Gasteiger charge is -2.21. The number of anilines is 1. The summed E-state index contributed by atoms with van der Waals surface area (Å²) >= 11 is 0. The highest BCUT2D eigenvalue weighted by molar-refractivity contribution is 5.92. The fourth-order valence-corrected chi connectivity index (χ4v) is 2.53. The van der Waals surface area contributed by atoms with Crippen molar-refractivity contribution in [2.75, 3.05) is 11.4 Å². The number of aromatic nitrogens is 3. The normalized spacial score (nSPS) is 10.3. The van der Waals surface area contributed by atoms with Gasteiger partial charge in [-0.3, -0.25) is 9.78 Å². The van der Waals surface area contributed by atoms with Crippen molar-refractivity contribution in [3.8, 4) is 0 Å². The first-order valence-electron chi connectivity index (χ1n) is 8.55. The summed E-state index contributed by atoms with van der Waals surface area (Å²) < 4.78 is 0. The van der Waals surface area contributed by atoms with Gasteiger partial charge in [-0.05, 0) is 36.2 Å². The molecule has 0 aliphatic heterocycles. The third-order valence-electron chi connectivity index (χ3n) is 3.96. The molecule has 0 saturated heterocycles. The summed E-state index contributed by atoms with van der Waals surface area (Å²) in [4.78, 5) is 27.2.